The number of alkyl halides is 1. The van der Waals surface area contributed by atoms with Gasteiger partial charge >= 0.3 is 6.09 Å². The molecule has 0 radical (unpaired) electrons. The fourth-order valence-electron chi connectivity index (χ4n) is 3.48. The number of hydrogen-bond acceptors (Lipinski definition) is 7. The maximum Gasteiger partial charge on any atom is 0.416 e. The van der Waals surface area contributed by atoms with Crippen LogP contribution >= 0.6 is 11.6 Å². The van der Waals surface area contributed by atoms with E-state index in [2.05, 4.69) is 25.3 Å². The van der Waals surface area contributed by atoms with Gasteiger partial charge < -0.3 is 10.1 Å². The number of aromatic nitrogens is 4. The van der Waals surface area contributed by atoms with E-state index in [1.54, 1.807) is 6.20 Å². The number of ether oxygens (including phenoxy) is 1. The van der Waals surface area contributed by atoms with Gasteiger partial charge in [0, 0.05) is 28.7 Å². The summed E-state index contributed by atoms with van der Waals surface area (Å²) in [6.07, 6.45) is 1.36. The quantitative estimate of drug-likeness (QED) is 0.572. The van der Waals surface area contributed by atoms with Crippen molar-refractivity contribution in [2.75, 3.05) is 16.8 Å². The summed E-state index contributed by atoms with van der Waals surface area (Å²) in [5.41, 5.74) is 2.63. The zero-order chi connectivity index (χ0) is 22.8. The summed E-state index contributed by atoms with van der Waals surface area (Å²) in [7, 11) is 0. The lowest BCUT2D eigenvalue weighted by Gasteiger charge is -2.22. The molecule has 3 atom stereocenters. The van der Waals surface area contributed by atoms with Crippen LogP contribution in [0.15, 0.2) is 42.7 Å². The highest BCUT2D eigenvalue weighted by Gasteiger charge is 2.39. The average Bonchev–Trinajstić information content (AvgIpc) is 3.15. The molecule has 8 nitrogen and oxygen atoms in total. The van der Waals surface area contributed by atoms with Crippen molar-refractivity contribution in [2.24, 2.45) is 0 Å². The van der Waals surface area contributed by atoms with Gasteiger partial charge in [-0.1, -0.05) is 23.7 Å². The lowest BCUT2D eigenvalue weighted by molar-refractivity contribution is 0.174. The van der Waals surface area contributed by atoms with Crippen molar-refractivity contribution < 1.29 is 13.9 Å². The molecule has 1 aliphatic heterocycles. The second-order valence-corrected chi connectivity index (χ2v) is 7.97. The van der Waals surface area contributed by atoms with Gasteiger partial charge in [0.15, 0.2) is 5.82 Å². The largest absolute Gasteiger partial charge is 0.447 e. The Kier molecular flexibility index (Phi) is 6.18. The molecular formula is C22H22ClFN6O2. The summed E-state index contributed by atoms with van der Waals surface area (Å²) in [6, 6.07) is 8.00. The van der Waals surface area contributed by atoms with Gasteiger partial charge in [-0.05, 0) is 44.5 Å². The van der Waals surface area contributed by atoms with E-state index in [-0.39, 0.29) is 24.4 Å². The Morgan fingerprint density at radius 1 is 1.25 bits per heavy atom. The Morgan fingerprint density at radius 2 is 2.06 bits per heavy atom. The fourth-order valence-corrected chi connectivity index (χ4v) is 3.67. The molecule has 1 amide bonds. The van der Waals surface area contributed by atoms with Gasteiger partial charge in [-0.3, -0.25) is 4.90 Å². The summed E-state index contributed by atoms with van der Waals surface area (Å²) < 4.78 is 18.9. The third-order valence-corrected chi connectivity index (χ3v) is 5.43. The normalized spacial score (nSPS) is 17.7. The van der Waals surface area contributed by atoms with Crippen molar-refractivity contribution in [1.82, 2.24) is 19.9 Å². The summed E-state index contributed by atoms with van der Waals surface area (Å²) in [5.74, 6) is 1.08. The first-order valence-electron chi connectivity index (χ1n) is 10.1. The van der Waals surface area contributed by atoms with Crippen molar-refractivity contribution in [3.05, 3.63) is 59.3 Å². The highest BCUT2D eigenvalue weighted by Crippen LogP contribution is 2.27. The van der Waals surface area contributed by atoms with Crippen molar-refractivity contribution in [3.63, 3.8) is 0 Å². The van der Waals surface area contributed by atoms with Crippen LogP contribution in [0.2, 0.25) is 5.02 Å². The minimum absolute atomic E-state index is 0.0221. The molecule has 3 aromatic rings. The maximum absolute atomic E-state index is 13.9. The molecule has 1 aromatic carbocycles. The second-order valence-electron chi connectivity index (χ2n) is 7.53. The van der Waals surface area contributed by atoms with Crippen molar-refractivity contribution in [3.8, 4) is 11.1 Å². The van der Waals surface area contributed by atoms with E-state index < -0.39 is 18.3 Å². The predicted molar refractivity (Wildman–Crippen MR) is 119 cm³/mol. The Bertz CT molecular complexity index is 1140. The van der Waals surface area contributed by atoms with Gasteiger partial charge in [-0.2, -0.15) is 4.98 Å². The molecule has 1 saturated heterocycles. The van der Waals surface area contributed by atoms with Crippen molar-refractivity contribution >= 4 is 29.5 Å². The number of amides is 1. The molecule has 0 spiro atoms. The van der Waals surface area contributed by atoms with Gasteiger partial charge in [-0.25, -0.2) is 24.1 Å². The number of anilines is 2. The van der Waals surface area contributed by atoms with Crippen LogP contribution < -0.4 is 10.2 Å². The Morgan fingerprint density at radius 3 is 2.78 bits per heavy atom. The number of nitrogens with zero attached hydrogens (tertiary/aromatic N) is 5. The lowest BCUT2D eigenvalue weighted by Crippen LogP contribution is -2.39. The highest BCUT2D eigenvalue weighted by atomic mass is 35.5. The smallest absolute Gasteiger partial charge is 0.416 e. The molecule has 3 heterocycles. The molecule has 2 aromatic heterocycles. The van der Waals surface area contributed by atoms with E-state index in [9.17, 15) is 9.18 Å². The van der Waals surface area contributed by atoms with Gasteiger partial charge in [-0.15, -0.1) is 0 Å². The molecule has 0 aliphatic carbocycles. The molecule has 4 rings (SSSR count). The Hall–Kier alpha value is -3.33. The monoisotopic (exact) mass is 456 g/mol. The Labute approximate surface area is 189 Å². The molecule has 10 heteroatoms. The van der Waals surface area contributed by atoms with Crippen molar-refractivity contribution in [2.45, 2.75) is 39.0 Å². The second kappa shape index (κ2) is 9.04. The van der Waals surface area contributed by atoms with Crippen LogP contribution in [0.25, 0.3) is 11.1 Å². The molecule has 1 N–H and O–H groups in total. The standard InChI is InChI=1S/C22H22ClFN6O2/c1-12(24)18-11-32-22(31)30(18)19-7-8-25-21(29-19)28-14(3)20-26-10-17(13(2)27-20)15-5-4-6-16(23)9-15/h4-10,12,14,18H,11H2,1-3H3,(H,25,28,29)/t12-,14-,18+/m0/s1. The van der Waals surface area contributed by atoms with Crippen LogP contribution in [0.5, 0.6) is 0 Å². The molecule has 0 unspecified atom stereocenters. The fraction of sp³-hybridized carbons (Fsp3) is 0.318. The van der Waals surface area contributed by atoms with Crippen molar-refractivity contribution in [1.29, 1.82) is 0 Å². The number of benzene rings is 1. The molecule has 32 heavy (non-hydrogen) atoms. The van der Waals surface area contributed by atoms with E-state index >= 15 is 0 Å². The van der Waals surface area contributed by atoms with Gasteiger partial charge in [0.1, 0.15) is 24.6 Å². The first-order valence-corrected chi connectivity index (χ1v) is 10.5. The minimum atomic E-state index is -1.26. The van der Waals surface area contributed by atoms with Gasteiger partial charge in [0.25, 0.3) is 0 Å². The molecule has 166 valence electrons. The highest BCUT2D eigenvalue weighted by molar-refractivity contribution is 6.30. The first-order chi connectivity index (χ1) is 15.3. The van der Waals surface area contributed by atoms with E-state index in [1.165, 1.54) is 24.1 Å². The molecule has 0 bridgehead atoms. The summed E-state index contributed by atoms with van der Waals surface area (Å²) in [6.45, 7) is 5.14. The zero-order valence-corrected chi connectivity index (χ0v) is 18.5. The van der Waals surface area contributed by atoms with E-state index in [0.717, 1.165) is 16.8 Å². The van der Waals surface area contributed by atoms with E-state index in [0.29, 0.717) is 10.8 Å². The van der Waals surface area contributed by atoms with Crippen LogP contribution in [0.4, 0.5) is 21.0 Å². The van der Waals surface area contributed by atoms with Crippen LogP contribution in [0, 0.1) is 6.92 Å². The molecular weight excluding hydrogens is 435 g/mol. The number of hydrogen-bond donors (Lipinski definition) is 1. The first kappa shape index (κ1) is 21.9. The number of nitrogens with one attached hydrogen (secondary N) is 1. The van der Waals surface area contributed by atoms with Crippen LogP contribution in [0.1, 0.15) is 31.4 Å². The van der Waals surface area contributed by atoms with Crippen LogP contribution in [-0.2, 0) is 4.74 Å². The van der Waals surface area contributed by atoms with Gasteiger partial charge in [0.2, 0.25) is 5.95 Å². The summed E-state index contributed by atoms with van der Waals surface area (Å²) >= 11 is 6.10. The number of carbonyl (C=O) groups excluding carboxylic acids is 1. The third-order valence-electron chi connectivity index (χ3n) is 5.19. The topological polar surface area (TPSA) is 93.1 Å². The van der Waals surface area contributed by atoms with Crippen LogP contribution in [-0.4, -0.2) is 44.8 Å². The van der Waals surface area contributed by atoms with Crippen LogP contribution in [0.3, 0.4) is 0 Å². The number of carbonyl (C=O) groups is 1. The lowest BCUT2D eigenvalue weighted by atomic mass is 10.1. The Balaban J connectivity index is 1.53. The zero-order valence-electron chi connectivity index (χ0n) is 17.8. The summed E-state index contributed by atoms with van der Waals surface area (Å²) in [5, 5.41) is 3.78. The van der Waals surface area contributed by atoms with E-state index in [1.807, 2.05) is 38.1 Å². The number of cyclic esters (lactones) is 1. The average molecular weight is 457 g/mol. The number of rotatable bonds is 6. The maximum atomic E-state index is 13.9. The molecule has 1 fully saturated rings. The SMILES string of the molecule is Cc1nc([C@H](C)Nc2nccc(N3C(=O)OC[C@@H]3[C@H](C)F)n2)ncc1-c1cccc(Cl)c1. The number of aryl methyl sites for hydroxylation is 1. The molecule has 0 saturated carbocycles. The minimum Gasteiger partial charge on any atom is -0.447 e. The predicted octanol–water partition coefficient (Wildman–Crippen LogP) is 4.75. The van der Waals surface area contributed by atoms with Gasteiger partial charge in [0.05, 0.1) is 6.04 Å². The molecule has 1 aliphatic rings. The third kappa shape index (κ3) is 4.47. The number of halogens is 2. The summed E-state index contributed by atoms with van der Waals surface area (Å²) in [4.78, 5) is 31.0. The van der Waals surface area contributed by atoms with E-state index in [4.69, 9.17) is 16.3 Å².